The van der Waals surface area contributed by atoms with Crippen molar-refractivity contribution in [1.29, 1.82) is 0 Å². The van der Waals surface area contributed by atoms with E-state index in [0.717, 1.165) is 38.8 Å². The van der Waals surface area contributed by atoms with E-state index in [-0.39, 0.29) is 11.8 Å². The first-order chi connectivity index (χ1) is 9.09. The van der Waals surface area contributed by atoms with Gasteiger partial charge in [0.25, 0.3) is 0 Å². The zero-order chi connectivity index (χ0) is 13.8. The highest BCUT2D eigenvalue weighted by Crippen LogP contribution is 2.32. The van der Waals surface area contributed by atoms with Gasteiger partial charge >= 0.3 is 0 Å². The molecule has 4 nitrogen and oxygen atoms in total. The molecular formula is C15H26N2O2. The Morgan fingerprint density at radius 3 is 2.68 bits per heavy atom. The molecule has 2 fully saturated rings. The normalized spacial score (nSPS) is 28.6. The van der Waals surface area contributed by atoms with Gasteiger partial charge in [0.1, 0.15) is 5.78 Å². The highest BCUT2D eigenvalue weighted by Gasteiger charge is 2.36. The summed E-state index contributed by atoms with van der Waals surface area (Å²) >= 11 is 0. The first-order valence-electron chi connectivity index (χ1n) is 7.56. The number of likely N-dealkylation sites (tertiary alicyclic amines) is 1. The van der Waals surface area contributed by atoms with Crippen molar-refractivity contribution in [2.75, 3.05) is 27.2 Å². The fourth-order valence-electron chi connectivity index (χ4n) is 3.46. The maximum Gasteiger partial charge on any atom is 0.223 e. The molecule has 0 radical (unpaired) electrons. The maximum absolute atomic E-state index is 12.0. The molecular weight excluding hydrogens is 240 g/mol. The third-order valence-corrected chi connectivity index (χ3v) is 4.59. The molecule has 0 aromatic heterocycles. The predicted molar refractivity (Wildman–Crippen MR) is 74.9 cm³/mol. The first kappa shape index (κ1) is 14.5. The number of Topliss-reactive ketones (excluding diaryl/α,β-unsaturated/α-hetero) is 1. The van der Waals surface area contributed by atoms with Crippen molar-refractivity contribution in [3.8, 4) is 0 Å². The molecule has 1 aliphatic heterocycles. The molecule has 0 spiro atoms. The molecule has 1 aliphatic carbocycles. The molecule has 108 valence electrons. The molecule has 2 unspecified atom stereocenters. The summed E-state index contributed by atoms with van der Waals surface area (Å²) in [6, 6.07) is 0.402. The number of carbonyl (C=O) groups is 2. The molecule has 2 aliphatic rings. The van der Waals surface area contributed by atoms with Crippen LogP contribution in [0.4, 0.5) is 0 Å². The Hall–Kier alpha value is -0.900. The third kappa shape index (κ3) is 3.56. The van der Waals surface area contributed by atoms with E-state index < -0.39 is 0 Å². The largest absolute Gasteiger partial charge is 0.349 e. The summed E-state index contributed by atoms with van der Waals surface area (Å²) in [5.41, 5.74) is 0. The van der Waals surface area contributed by atoms with Crippen LogP contribution in [0, 0.1) is 5.92 Å². The van der Waals surface area contributed by atoms with Crippen molar-refractivity contribution in [3.63, 3.8) is 0 Å². The number of rotatable bonds is 4. The van der Waals surface area contributed by atoms with Crippen LogP contribution in [0.5, 0.6) is 0 Å². The van der Waals surface area contributed by atoms with Crippen LogP contribution in [0.15, 0.2) is 0 Å². The second-order valence-electron chi connectivity index (χ2n) is 6.10. The van der Waals surface area contributed by atoms with Crippen LogP contribution in [-0.4, -0.2) is 54.7 Å². The number of ketones is 1. The minimum Gasteiger partial charge on any atom is -0.349 e. The molecule has 0 bridgehead atoms. The summed E-state index contributed by atoms with van der Waals surface area (Å²) in [6.45, 7) is 1.86. The van der Waals surface area contributed by atoms with Gasteiger partial charge in [0, 0.05) is 45.4 Å². The number of piperidine rings is 1. The van der Waals surface area contributed by atoms with Crippen molar-refractivity contribution in [2.24, 2.45) is 5.92 Å². The molecule has 1 saturated carbocycles. The highest BCUT2D eigenvalue weighted by atomic mass is 16.2. The van der Waals surface area contributed by atoms with Gasteiger partial charge in [-0.2, -0.15) is 0 Å². The highest BCUT2D eigenvalue weighted by molar-refractivity contribution is 5.83. The summed E-state index contributed by atoms with van der Waals surface area (Å²) in [5.74, 6) is 0.882. The molecule has 0 aromatic carbocycles. The van der Waals surface area contributed by atoms with Gasteiger partial charge in [-0.1, -0.05) is 6.42 Å². The summed E-state index contributed by atoms with van der Waals surface area (Å²) in [6.07, 6.45) is 7.02. The lowest BCUT2D eigenvalue weighted by atomic mass is 9.88. The molecule has 0 N–H and O–H groups in total. The number of amides is 1. The number of carbonyl (C=O) groups excluding carboxylic acids is 2. The van der Waals surface area contributed by atoms with Gasteiger partial charge in [0.15, 0.2) is 0 Å². The minimum atomic E-state index is 0.182. The van der Waals surface area contributed by atoms with Gasteiger partial charge in [-0.3, -0.25) is 14.5 Å². The number of nitrogens with zero attached hydrogens (tertiary/aromatic N) is 2. The molecule has 1 saturated heterocycles. The SMILES string of the molecule is CN(C)C(=O)CCN1CCCCC1C1CCCC1=O. The van der Waals surface area contributed by atoms with E-state index in [1.165, 1.54) is 12.8 Å². The maximum atomic E-state index is 12.0. The van der Waals surface area contributed by atoms with Crippen LogP contribution in [0.1, 0.15) is 44.9 Å². The number of hydrogen-bond donors (Lipinski definition) is 0. The molecule has 1 amide bonds. The molecule has 4 heteroatoms. The van der Waals surface area contributed by atoms with E-state index >= 15 is 0 Å². The second kappa shape index (κ2) is 6.51. The Labute approximate surface area is 116 Å². The van der Waals surface area contributed by atoms with Crippen LogP contribution in [-0.2, 0) is 9.59 Å². The molecule has 1 heterocycles. The van der Waals surface area contributed by atoms with Gasteiger partial charge in [-0.15, -0.1) is 0 Å². The van der Waals surface area contributed by atoms with E-state index in [1.54, 1.807) is 19.0 Å². The van der Waals surface area contributed by atoms with Crippen LogP contribution in [0.25, 0.3) is 0 Å². The van der Waals surface area contributed by atoms with Gasteiger partial charge in [0.05, 0.1) is 0 Å². The topological polar surface area (TPSA) is 40.6 Å². The van der Waals surface area contributed by atoms with Gasteiger partial charge in [-0.25, -0.2) is 0 Å². The van der Waals surface area contributed by atoms with E-state index in [2.05, 4.69) is 4.90 Å². The molecule has 2 rings (SSSR count). The summed E-state index contributed by atoms with van der Waals surface area (Å²) in [5, 5.41) is 0. The third-order valence-electron chi connectivity index (χ3n) is 4.59. The monoisotopic (exact) mass is 266 g/mol. The lowest BCUT2D eigenvalue weighted by Crippen LogP contribution is -2.46. The van der Waals surface area contributed by atoms with E-state index in [9.17, 15) is 9.59 Å². The average Bonchev–Trinajstić information content (AvgIpc) is 2.82. The summed E-state index contributed by atoms with van der Waals surface area (Å²) in [4.78, 5) is 27.7. The first-order valence-corrected chi connectivity index (χ1v) is 7.56. The van der Waals surface area contributed by atoms with E-state index in [4.69, 9.17) is 0 Å². The number of hydrogen-bond acceptors (Lipinski definition) is 3. The zero-order valence-corrected chi connectivity index (χ0v) is 12.2. The Bertz CT molecular complexity index is 341. The van der Waals surface area contributed by atoms with Crippen molar-refractivity contribution < 1.29 is 9.59 Å². The van der Waals surface area contributed by atoms with Crippen molar-refractivity contribution in [2.45, 2.75) is 51.0 Å². The predicted octanol–water partition coefficient (Wildman–Crippen LogP) is 1.69. The minimum absolute atomic E-state index is 0.182. The Kier molecular flexibility index (Phi) is 4.97. The molecule has 2 atom stereocenters. The summed E-state index contributed by atoms with van der Waals surface area (Å²) < 4.78 is 0. The van der Waals surface area contributed by atoms with Crippen LogP contribution >= 0.6 is 0 Å². The van der Waals surface area contributed by atoms with Gasteiger partial charge in [-0.05, 0) is 32.2 Å². The lowest BCUT2D eigenvalue weighted by molar-refractivity contribution is -0.129. The van der Waals surface area contributed by atoms with Gasteiger partial charge in [0.2, 0.25) is 5.91 Å². The Morgan fingerprint density at radius 2 is 2.05 bits per heavy atom. The lowest BCUT2D eigenvalue weighted by Gasteiger charge is -2.38. The smallest absolute Gasteiger partial charge is 0.223 e. The van der Waals surface area contributed by atoms with E-state index in [1.807, 2.05) is 0 Å². The average molecular weight is 266 g/mol. The fraction of sp³-hybridized carbons (Fsp3) is 0.867. The second-order valence-corrected chi connectivity index (χ2v) is 6.10. The van der Waals surface area contributed by atoms with Crippen LogP contribution < -0.4 is 0 Å². The van der Waals surface area contributed by atoms with Crippen molar-refractivity contribution in [1.82, 2.24) is 9.80 Å². The van der Waals surface area contributed by atoms with Crippen LogP contribution in [0.3, 0.4) is 0 Å². The Balaban J connectivity index is 1.92. The molecule has 19 heavy (non-hydrogen) atoms. The zero-order valence-electron chi connectivity index (χ0n) is 12.2. The molecule has 0 aromatic rings. The fourth-order valence-corrected chi connectivity index (χ4v) is 3.46. The van der Waals surface area contributed by atoms with Crippen molar-refractivity contribution in [3.05, 3.63) is 0 Å². The van der Waals surface area contributed by atoms with Gasteiger partial charge < -0.3 is 4.90 Å². The standard InChI is InChI=1S/C15H26N2O2/c1-16(2)15(19)9-11-17-10-4-3-7-13(17)12-6-5-8-14(12)18/h12-13H,3-11H2,1-2H3. The van der Waals surface area contributed by atoms with E-state index in [0.29, 0.717) is 18.2 Å². The summed E-state index contributed by atoms with van der Waals surface area (Å²) in [7, 11) is 3.60. The van der Waals surface area contributed by atoms with Crippen LogP contribution in [0.2, 0.25) is 0 Å². The van der Waals surface area contributed by atoms with Crippen molar-refractivity contribution >= 4 is 11.7 Å². The Morgan fingerprint density at radius 1 is 1.26 bits per heavy atom. The quantitative estimate of drug-likeness (QED) is 0.777.